The van der Waals surface area contributed by atoms with Crippen molar-refractivity contribution in [3.8, 4) is 0 Å². The average molecular weight is 275 g/mol. The molecule has 0 atom stereocenters. The van der Waals surface area contributed by atoms with Gasteiger partial charge in [0.15, 0.2) is 5.96 Å². The molecule has 0 spiro atoms. The van der Waals surface area contributed by atoms with Gasteiger partial charge in [0.1, 0.15) is 11.6 Å². The van der Waals surface area contributed by atoms with Crippen molar-refractivity contribution in [3.63, 3.8) is 0 Å². The molecular weight excluding hydrogens is 262 g/mol. The van der Waals surface area contributed by atoms with Gasteiger partial charge in [0.2, 0.25) is 6.43 Å². The van der Waals surface area contributed by atoms with E-state index in [1.165, 1.54) is 0 Å². The molecule has 0 bridgehead atoms. The summed E-state index contributed by atoms with van der Waals surface area (Å²) in [5.41, 5.74) is 4.20. The van der Waals surface area contributed by atoms with Gasteiger partial charge < -0.3 is 11.1 Å². The zero-order valence-corrected chi connectivity index (χ0v) is 9.97. The Labute approximate surface area is 107 Å². The molecule has 0 aliphatic heterocycles. The standard InChI is InChI=1S/C12H13F4N3/c13-7-1-2-8(14)9(5-7)19-11(17)18-6-12(3-4-12)10(15)16/h1-2,5,10H,3-4,6H2,(H3,17,18,19). The minimum absolute atomic E-state index is 0.125. The predicted molar refractivity (Wildman–Crippen MR) is 64.1 cm³/mol. The molecular formula is C12H13F4N3. The summed E-state index contributed by atoms with van der Waals surface area (Å²) in [6.45, 7) is -0.125. The van der Waals surface area contributed by atoms with Gasteiger partial charge in [-0.25, -0.2) is 17.6 Å². The number of alkyl halides is 2. The molecule has 3 N–H and O–H groups in total. The summed E-state index contributed by atoms with van der Waals surface area (Å²) in [6.07, 6.45) is -1.65. The van der Waals surface area contributed by atoms with Crippen LogP contribution in [0, 0.1) is 17.0 Å². The highest BCUT2D eigenvalue weighted by atomic mass is 19.3. The van der Waals surface area contributed by atoms with E-state index < -0.39 is 23.5 Å². The van der Waals surface area contributed by atoms with E-state index in [2.05, 4.69) is 10.3 Å². The third-order valence-corrected chi connectivity index (χ3v) is 3.11. The van der Waals surface area contributed by atoms with E-state index in [1.54, 1.807) is 0 Å². The molecule has 7 heteroatoms. The average Bonchev–Trinajstić information content (AvgIpc) is 3.12. The molecule has 0 aromatic heterocycles. The van der Waals surface area contributed by atoms with Gasteiger partial charge in [-0.1, -0.05) is 0 Å². The maximum Gasteiger partial charge on any atom is 0.245 e. The Balaban J connectivity index is 2.01. The molecule has 1 aromatic carbocycles. The van der Waals surface area contributed by atoms with Crippen LogP contribution in [-0.2, 0) is 0 Å². The van der Waals surface area contributed by atoms with Crippen LogP contribution in [0.25, 0.3) is 0 Å². The lowest BCUT2D eigenvalue weighted by atomic mass is 10.1. The van der Waals surface area contributed by atoms with Crippen molar-refractivity contribution in [2.24, 2.45) is 16.1 Å². The van der Waals surface area contributed by atoms with E-state index in [4.69, 9.17) is 5.73 Å². The lowest BCUT2D eigenvalue weighted by Gasteiger charge is -2.12. The number of nitrogens with one attached hydrogen (secondary N) is 1. The van der Waals surface area contributed by atoms with Gasteiger partial charge >= 0.3 is 0 Å². The zero-order chi connectivity index (χ0) is 14.0. The van der Waals surface area contributed by atoms with Crippen LogP contribution < -0.4 is 11.1 Å². The predicted octanol–water partition coefficient (Wildman–Crippen LogP) is 2.74. The Morgan fingerprint density at radius 1 is 1.37 bits per heavy atom. The highest BCUT2D eigenvalue weighted by Gasteiger charge is 2.50. The van der Waals surface area contributed by atoms with Gasteiger partial charge in [0.05, 0.1) is 17.6 Å². The number of nitrogens with two attached hydrogens (primary N) is 1. The first-order valence-corrected chi connectivity index (χ1v) is 5.73. The molecule has 0 radical (unpaired) electrons. The third-order valence-electron chi connectivity index (χ3n) is 3.11. The Kier molecular flexibility index (Phi) is 3.64. The number of hydrogen-bond acceptors (Lipinski definition) is 1. The molecule has 1 aliphatic rings. The maximum absolute atomic E-state index is 13.3. The minimum Gasteiger partial charge on any atom is -0.370 e. The molecule has 0 unspecified atom stereocenters. The number of aliphatic imine (C=N–C) groups is 1. The van der Waals surface area contributed by atoms with Crippen LogP contribution >= 0.6 is 0 Å². The number of hydrogen-bond donors (Lipinski definition) is 2. The van der Waals surface area contributed by atoms with Crippen LogP contribution in [0.4, 0.5) is 23.2 Å². The van der Waals surface area contributed by atoms with E-state index in [0.717, 1.165) is 18.2 Å². The highest BCUT2D eigenvalue weighted by Crippen LogP contribution is 2.50. The molecule has 0 saturated heterocycles. The van der Waals surface area contributed by atoms with Gasteiger partial charge in [0, 0.05) is 6.07 Å². The Morgan fingerprint density at radius 2 is 2.05 bits per heavy atom. The summed E-state index contributed by atoms with van der Waals surface area (Å²) >= 11 is 0. The summed E-state index contributed by atoms with van der Waals surface area (Å²) in [6, 6.07) is 2.81. The first kappa shape index (κ1) is 13.6. The molecule has 1 saturated carbocycles. The fourth-order valence-corrected chi connectivity index (χ4v) is 1.62. The smallest absolute Gasteiger partial charge is 0.245 e. The number of nitrogens with zero attached hydrogens (tertiary/aromatic N) is 1. The summed E-state index contributed by atoms with van der Waals surface area (Å²) in [7, 11) is 0. The molecule has 3 nitrogen and oxygen atoms in total. The molecule has 0 amide bonds. The summed E-state index contributed by atoms with van der Waals surface area (Å²) < 4.78 is 51.4. The van der Waals surface area contributed by atoms with Gasteiger partial charge in [-0.3, -0.25) is 4.99 Å². The molecule has 1 aromatic rings. The number of halogens is 4. The second kappa shape index (κ2) is 5.07. The Morgan fingerprint density at radius 3 is 2.63 bits per heavy atom. The molecule has 0 heterocycles. The van der Waals surface area contributed by atoms with Crippen LogP contribution in [0.15, 0.2) is 23.2 Å². The first-order chi connectivity index (χ1) is 8.93. The number of rotatable bonds is 4. The number of guanidine groups is 1. The quantitative estimate of drug-likeness (QED) is 0.504. The summed E-state index contributed by atoms with van der Waals surface area (Å²) in [5, 5.41) is 2.36. The van der Waals surface area contributed by atoms with Crippen LogP contribution in [-0.4, -0.2) is 18.9 Å². The van der Waals surface area contributed by atoms with Crippen molar-refractivity contribution in [2.45, 2.75) is 19.3 Å². The summed E-state index contributed by atoms with van der Waals surface area (Å²) in [4.78, 5) is 3.76. The van der Waals surface area contributed by atoms with E-state index in [0.29, 0.717) is 12.8 Å². The highest BCUT2D eigenvalue weighted by molar-refractivity contribution is 5.92. The van der Waals surface area contributed by atoms with E-state index in [-0.39, 0.29) is 18.2 Å². The monoisotopic (exact) mass is 275 g/mol. The van der Waals surface area contributed by atoms with E-state index in [9.17, 15) is 17.6 Å². The van der Waals surface area contributed by atoms with Crippen LogP contribution in [0.2, 0.25) is 0 Å². The Hall–Kier alpha value is -1.79. The fourth-order valence-electron chi connectivity index (χ4n) is 1.62. The molecule has 104 valence electrons. The lowest BCUT2D eigenvalue weighted by molar-refractivity contribution is 0.0667. The molecule has 19 heavy (non-hydrogen) atoms. The second-order valence-electron chi connectivity index (χ2n) is 4.61. The zero-order valence-electron chi connectivity index (χ0n) is 9.97. The SMILES string of the molecule is NC(=NCC1(C(F)F)CC1)Nc1cc(F)ccc1F. The second-order valence-corrected chi connectivity index (χ2v) is 4.61. The van der Waals surface area contributed by atoms with E-state index in [1.807, 2.05) is 0 Å². The topological polar surface area (TPSA) is 50.4 Å². The van der Waals surface area contributed by atoms with Gasteiger partial charge in [-0.15, -0.1) is 0 Å². The molecule has 1 fully saturated rings. The third kappa shape index (κ3) is 3.15. The Bertz CT molecular complexity index is 498. The largest absolute Gasteiger partial charge is 0.370 e. The molecule has 1 aliphatic carbocycles. The lowest BCUT2D eigenvalue weighted by Crippen LogP contribution is -2.26. The van der Waals surface area contributed by atoms with Gasteiger partial charge in [-0.2, -0.15) is 0 Å². The van der Waals surface area contributed by atoms with Crippen molar-refractivity contribution in [1.29, 1.82) is 0 Å². The van der Waals surface area contributed by atoms with Crippen molar-refractivity contribution in [3.05, 3.63) is 29.8 Å². The van der Waals surface area contributed by atoms with Crippen molar-refractivity contribution < 1.29 is 17.6 Å². The summed E-state index contributed by atoms with van der Waals surface area (Å²) in [5.74, 6) is -1.55. The minimum atomic E-state index is -2.45. The van der Waals surface area contributed by atoms with Crippen LogP contribution in [0.5, 0.6) is 0 Å². The normalized spacial score (nSPS) is 17.6. The number of benzene rings is 1. The molecule has 2 rings (SSSR count). The van der Waals surface area contributed by atoms with Crippen LogP contribution in [0.3, 0.4) is 0 Å². The van der Waals surface area contributed by atoms with Crippen LogP contribution in [0.1, 0.15) is 12.8 Å². The van der Waals surface area contributed by atoms with Crippen molar-refractivity contribution in [1.82, 2.24) is 0 Å². The van der Waals surface area contributed by atoms with E-state index >= 15 is 0 Å². The first-order valence-electron chi connectivity index (χ1n) is 5.73. The van der Waals surface area contributed by atoms with Gasteiger partial charge in [0.25, 0.3) is 0 Å². The van der Waals surface area contributed by atoms with Crippen molar-refractivity contribution in [2.75, 3.05) is 11.9 Å². The maximum atomic E-state index is 13.3. The van der Waals surface area contributed by atoms with Gasteiger partial charge in [-0.05, 0) is 25.0 Å². The fraction of sp³-hybridized carbons (Fsp3) is 0.417. The number of anilines is 1. The van der Waals surface area contributed by atoms with Crippen molar-refractivity contribution >= 4 is 11.6 Å².